The summed E-state index contributed by atoms with van der Waals surface area (Å²) in [6.45, 7) is 0.271. The highest BCUT2D eigenvalue weighted by Crippen LogP contribution is 2.35. The van der Waals surface area contributed by atoms with Crippen LogP contribution >= 0.6 is 22.9 Å². The van der Waals surface area contributed by atoms with Gasteiger partial charge in [0.25, 0.3) is 5.91 Å². The first-order valence-electron chi connectivity index (χ1n) is 12.3. The number of thiophene rings is 1. The van der Waals surface area contributed by atoms with Crippen LogP contribution in [0.15, 0.2) is 108 Å². The van der Waals surface area contributed by atoms with Crippen LogP contribution in [0.4, 0.5) is 0 Å². The maximum atomic E-state index is 12.6. The van der Waals surface area contributed by atoms with Crippen LogP contribution in [0.2, 0.25) is 5.02 Å². The Kier molecular flexibility index (Phi) is 8.70. The monoisotopic (exact) mass is 570 g/mol. The van der Waals surface area contributed by atoms with Crippen LogP contribution < -0.4 is 19.6 Å². The Hall–Kier alpha value is -4.66. The summed E-state index contributed by atoms with van der Waals surface area (Å²) in [5.41, 5.74) is 4.20. The molecule has 0 aliphatic carbocycles. The van der Waals surface area contributed by atoms with Gasteiger partial charge in [-0.3, -0.25) is 4.79 Å². The Balaban J connectivity index is 1.05. The van der Waals surface area contributed by atoms with Gasteiger partial charge in [0.05, 0.1) is 11.2 Å². The van der Waals surface area contributed by atoms with Gasteiger partial charge in [-0.25, -0.2) is 10.2 Å². The van der Waals surface area contributed by atoms with Crippen molar-refractivity contribution < 1.29 is 23.8 Å². The highest BCUT2D eigenvalue weighted by atomic mass is 35.5. The fourth-order valence-electron chi connectivity index (χ4n) is 3.65. The van der Waals surface area contributed by atoms with Crippen molar-refractivity contribution in [1.82, 2.24) is 5.43 Å². The van der Waals surface area contributed by atoms with E-state index in [-0.39, 0.29) is 6.61 Å². The molecule has 1 N–H and O–H groups in total. The second-order valence-corrected chi connectivity index (χ2v) is 9.96. The maximum Gasteiger partial charge on any atom is 0.355 e. The van der Waals surface area contributed by atoms with Crippen LogP contribution in [-0.4, -0.2) is 24.7 Å². The van der Waals surface area contributed by atoms with Gasteiger partial charge in [-0.15, -0.1) is 11.3 Å². The van der Waals surface area contributed by atoms with E-state index >= 15 is 0 Å². The maximum absolute atomic E-state index is 12.6. The average Bonchev–Trinajstić information content (AvgIpc) is 3.33. The smallest absolute Gasteiger partial charge is 0.355 e. The number of carbonyl (C=O) groups is 2. The molecule has 0 spiro atoms. The molecule has 4 aromatic carbocycles. The molecule has 0 unspecified atom stereocenters. The molecule has 5 aromatic rings. The summed E-state index contributed by atoms with van der Waals surface area (Å²) >= 11 is 7.65. The molecule has 0 saturated heterocycles. The third kappa shape index (κ3) is 7.05. The molecular weight excluding hydrogens is 548 g/mol. The Bertz CT molecular complexity index is 1630. The third-order valence-corrected chi connectivity index (χ3v) is 7.31. The SMILES string of the molecule is O=C(COc1ccc(OCc2ccccc2)cc1)N/N=C/c1ccc(OC(=O)c2sc3ccccc3c2Cl)cc1. The zero-order chi connectivity index (χ0) is 27.7. The van der Waals surface area contributed by atoms with E-state index in [0.29, 0.717) is 39.3 Å². The largest absolute Gasteiger partial charge is 0.489 e. The van der Waals surface area contributed by atoms with Crippen molar-refractivity contribution in [3.05, 3.63) is 124 Å². The van der Waals surface area contributed by atoms with Gasteiger partial charge < -0.3 is 14.2 Å². The van der Waals surface area contributed by atoms with Crippen molar-refractivity contribution in [3.63, 3.8) is 0 Å². The molecule has 0 aliphatic heterocycles. The first-order valence-corrected chi connectivity index (χ1v) is 13.5. The molecule has 5 rings (SSSR count). The molecule has 40 heavy (non-hydrogen) atoms. The van der Waals surface area contributed by atoms with Gasteiger partial charge in [-0.05, 0) is 65.7 Å². The molecule has 1 amide bonds. The molecule has 1 heterocycles. The van der Waals surface area contributed by atoms with Crippen LogP contribution in [0, 0.1) is 0 Å². The Morgan fingerprint density at radius 3 is 2.17 bits per heavy atom. The average molecular weight is 571 g/mol. The Morgan fingerprint density at radius 2 is 1.45 bits per heavy atom. The van der Waals surface area contributed by atoms with Gasteiger partial charge >= 0.3 is 5.97 Å². The fourth-order valence-corrected chi connectivity index (χ4v) is 5.04. The summed E-state index contributed by atoms with van der Waals surface area (Å²) < 4.78 is 17.6. The number of nitrogens with one attached hydrogen (secondary N) is 1. The fraction of sp³-hybridized carbons (Fsp3) is 0.0645. The minimum Gasteiger partial charge on any atom is -0.489 e. The van der Waals surface area contributed by atoms with Crippen molar-refractivity contribution in [1.29, 1.82) is 0 Å². The summed E-state index contributed by atoms with van der Waals surface area (Å²) in [5, 5.41) is 5.16. The first-order chi connectivity index (χ1) is 19.5. The number of fused-ring (bicyclic) bond motifs is 1. The third-order valence-electron chi connectivity index (χ3n) is 5.66. The number of hydrogen-bond donors (Lipinski definition) is 1. The number of hydrogen-bond acceptors (Lipinski definition) is 7. The summed E-state index contributed by atoms with van der Waals surface area (Å²) in [6.07, 6.45) is 1.48. The van der Waals surface area contributed by atoms with Crippen molar-refractivity contribution in [2.75, 3.05) is 6.61 Å². The second kappa shape index (κ2) is 12.9. The van der Waals surface area contributed by atoms with E-state index in [2.05, 4.69) is 10.5 Å². The van der Waals surface area contributed by atoms with Gasteiger partial charge in [0.1, 0.15) is 28.7 Å². The molecule has 200 valence electrons. The van der Waals surface area contributed by atoms with E-state index in [1.54, 1.807) is 48.5 Å². The number of carbonyl (C=O) groups excluding carboxylic acids is 2. The molecule has 1 aromatic heterocycles. The lowest BCUT2D eigenvalue weighted by Crippen LogP contribution is -2.24. The minimum absolute atomic E-state index is 0.198. The first kappa shape index (κ1) is 26.9. The van der Waals surface area contributed by atoms with E-state index in [0.717, 1.165) is 15.6 Å². The number of benzene rings is 4. The number of esters is 1. The van der Waals surface area contributed by atoms with Crippen molar-refractivity contribution >= 4 is 51.1 Å². The predicted octanol–water partition coefficient (Wildman–Crippen LogP) is 6.88. The summed E-state index contributed by atoms with van der Waals surface area (Å²) in [7, 11) is 0. The molecule has 0 atom stereocenters. The standard InChI is InChI=1S/C31H23ClN2O5S/c32-29-26-8-4-5-9-27(26)40-30(29)31(36)39-25-12-10-21(11-13-25)18-33-34-28(35)20-38-24-16-14-23(15-17-24)37-19-22-6-2-1-3-7-22/h1-18H,19-20H2,(H,34,35)/b33-18+. The zero-order valence-corrected chi connectivity index (χ0v) is 22.7. The highest BCUT2D eigenvalue weighted by molar-refractivity contribution is 7.21. The topological polar surface area (TPSA) is 86.2 Å². The number of amides is 1. The second-order valence-electron chi connectivity index (χ2n) is 8.53. The van der Waals surface area contributed by atoms with Crippen LogP contribution in [0.1, 0.15) is 20.8 Å². The van der Waals surface area contributed by atoms with E-state index in [4.69, 9.17) is 25.8 Å². The summed E-state index contributed by atoms with van der Waals surface area (Å²) in [6, 6.07) is 31.1. The quantitative estimate of drug-likeness (QED) is 0.0856. The van der Waals surface area contributed by atoms with Gasteiger partial charge in [-0.1, -0.05) is 60.1 Å². The van der Waals surface area contributed by atoms with Gasteiger partial charge in [0.15, 0.2) is 6.61 Å². The van der Waals surface area contributed by atoms with Gasteiger partial charge in [0, 0.05) is 10.1 Å². The number of halogens is 1. The molecule has 0 fully saturated rings. The van der Waals surface area contributed by atoms with Crippen molar-refractivity contribution in [3.8, 4) is 17.2 Å². The molecular formula is C31H23ClN2O5S. The number of nitrogens with zero attached hydrogens (tertiary/aromatic N) is 1. The Labute approximate surface area is 239 Å². The minimum atomic E-state index is -0.519. The van der Waals surface area contributed by atoms with E-state index in [1.165, 1.54) is 17.6 Å². The van der Waals surface area contributed by atoms with Crippen molar-refractivity contribution in [2.24, 2.45) is 5.10 Å². The van der Waals surface area contributed by atoms with E-state index in [1.807, 2.05) is 54.6 Å². The molecule has 0 bridgehead atoms. The van der Waals surface area contributed by atoms with Crippen LogP contribution in [0.5, 0.6) is 17.2 Å². The number of rotatable bonds is 10. The normalized spacial score (nSPS) is 10.9. The number of hydrazone groups is 1. The van der Waals surface area contributed by atoms with E-state index < -0.39 is 11.9 Å². The summed E-state index contributed by atoms with van der Waals surface area (Å²) in [4.78, 5) is 25.1. The van der Waals surface area contributed by atoms with Crippen LogP contribution in [-0.2, 0) is 11.4 Å². The van der Waals surface area contributed by atoms with Gasteiger partial charge in [-0.2, -0.15) is 5.10 Å². The molecule has 0 radical (unpaired) electrons. The van der Waals surface area contributed by atoms with Gasteiger partial charge in [0.2, 0.25) is 0 Å². The molecule has 0 saturated carbocycles. The lowest BCUT2D eigenvalue weighted by atomic mass is 10.2. The predicted molar refractivity (Wildman–Crippen MR) is 157 cm³/mol. The van der Waals surface area contributed by atoms with E-state index in [9.17, 15) is 9.59 Å². The highest BCUT2D eigenvalue weighted by Gasteiger charge is 2.18. The van der Waals surface area contributed by atoms with Crippen molar-refractivity contribution in [2.45, 2.75) is 6.61 Å². The Morgan fingerprint density at radius 1 is 0.800 bits per heavy atom. The number of ether oxygens (including phenoxy) is 3. The van der Waals surface area contributed by atoms with Crippen LogP contribution in [0.3, 0.4) is 0 Å². The summed E-state index contributed by atoms with van der Waals surface area (Å²) in [5.74, 6) is 0.674. The lowest BCUT2D eigenvalue weighted by molar-refractivity contribution is -0.123. The molecule has 7 nitrogen and oxygen atoms in total. The zero-order valence-electron chi connectivity index (χ0n) is 21.1. The lowest BCUT2D eigenvalue weighted by Gasteiger charge is -2.08. The molecule has 9 heteroatoms. The molecule has 0 aliphatic rings. The van der Waals surface area contributed by atoms with Crippen LogP contribution in [0.25, 0.3) is 10.1 Å².